The van der Waals surface area contributed by atoms with Gasteiger partial charge in [-0.1, -0.05) is 6.92 Å². The minimum atomic E-state index is 0.302. The standard InChI is InChI=1S/C13H18N6/c1-2-11-16-12(18-17-11)9-19-8-3-5-10(19)13-14-6-4-7-15-13/h4,6-7,10H,2-3,5,8-9H2,1H3,(H,16,17,18). The van der Waals surface area contributed by atoms with Gasteiger partial charge in [0.1, 0.15) is 17.5 Å². The predicted octanol–water partition coefficient (Wildman–Crippen LogP) is 1.49. The topological polar surface area (TPSA) is 70.6 Å². The fourth-order valence-electron chi connectivity index (χ4n) is 2.55. The van der Waals surface area contributed by atoms with E-state index in [0.29, 0.717) is 6.04 Å². The Hall–Kier alpha value is -1.82. The second-order valence-corrected chi connectivity index (χ2v) is 4.79. The average molecular weight is 258 g/mol. The van der Waals surface area contributed by atoms with Gasteiger partial charge in [0, 0.05) is 18.8 Å². The van der Waals surface area contributed by atoms with E-state index >= 15 is 0 Å². The lowest BCUT2D eigenvalue weighted by molar-refractivity contribution is 0.234. The summed E-state index contributed by atoms with van der Waals surface area (Å²) in [6, 6.07) is 2.16. The van der Waals surface area contributed by atoms with E-state index in [1.807, 2.05) is 18.5 Å². The summed E-state index contributed by atoms with van der Waals surface area (Å²) in [5.41, 5.74) is 0. The molecule has 1 aliphatic heterocycles. The first-order valence-electron chi connectivity index (χ1n) is 6.78. The molecule has 3 heterocycles. The number of nitrogens with one attached hydrogen (secondary N) is 1. The van der Waals surface area contributed by atoms with Crippen LogP contribution in [0.2, 0.25) is 0 Å². The maximum absolute atomic E-state index is 4.47. The Bertz CT molecular complexity index is 523. The highest BCUT2D eigenvalue weighted by Gasteiger charge is 2.28. The molecule has 0 radical (unpaired) electrons. The number of aromatic nitrogens is 5. The molecule has 6 heteroatoms. The monoisotopic (exact) mass is 258 g/mol. The average Bonchev–Trinajstić information content (AvgIpc) is 3.09. The van der Waals surface area contributed by atoms with Crippen molar-refractivity contribution in [2.24, 2.45) is 0 Å². The lowest BCUT2D eigenvalue weighted by atomic mass is 10.2. The Morgan fingerprint density at radius 2 is 2.21 bits per heavy atom. The molecule has 100 valence electrons. The van der Waals surface area contributed by atoms with Crippen LogP contribution in [0.25, 0.3) is 0 Å². The zero-order valence-corrected chi connectivity index (χ0v) is 11.1. The molecular formula is C13H18N6. The van der Waals surface area contributed by atoms with Gasteiger partial charge >= 0.3 is 0 Å². The summed E-state index contributed by atoms with van der Waals surface area (Å²) in [5, 5.41) is 7.19. The molecule has 0 aliphatic carbocycles. The molecule has 1 atom stereocenters. The lowest BCUT2D eigenvalue weighted by Crippen LogP contribution is -2.24. The minimum absolute atomic E-state index is 0.302. The van der Waals surface area contributed by atoms with Gasteiger partial charge in [-0.3, -0.25) is 10.00 Å². The molecule has 3 rings (SSSR count). The summed E-state index contributed by atoms with van der Waals surface area (Å²) in [6.07, 6.45) is 6.77. The first kappa shape index (κ1) is 12.2. The highest BCUT2D eigenvalue weighted by molar-refractivity contribution is 5.01. The highest BCUT2D eigenvalue weighted by Crippen LogP contribution is 2.30. The first-order chi connectivity index (χ1) is 9.36. The van der Waals surface area contributed by atoms with Gasteiger partial charge < -0.3 is 0 Å². The molecule has 0 amide bonds. The molecule has 1 N–H and O–H groups in total. The van der Waals surface area contributed by atoms with Crippen LogP contribution in [0.4, 0.5) is 0 Å². The molecule has 6 nitrogen and oxygen atoms in total. The zero-order valence-electron chi connectivity index (χ0n) is 11.1. The molecule has 2 aromatic heterocycles. The highest BCUT2D eigenvalue weighted by atomic mass is 15.3. The number of likely N-dealkylation sites (tertiary alicyclic amines) is 1. The molecule has 0 saturated carbocycles. The molecular weight excluding hydrogens is 240 g/mol. The summed E-state index contributed by atoms with van der Waals surface area (Å²) >= 11 is 0. The maximum Gasteiger partial charge on any atom is 0.150 e. The molecule has 0 aromatic carbocycles. The van der Waals surface area contributed by atoms with Crippen LogP contribution in [0, 0.1) is 0 Å². The van der Waals surface area contributed by atoms with E-state index in [0.717, 1.165) is 43.4 Å². The smallest absolute Gasteiger partial charge is 0.150 e. The Kier molecular flexibility index (Phi) is 3.50. The third-order valence-electron chi connectivity index (χ3n) is 3.49. The van der Waals surface area contributed by atoms with Gasteiger partial charge in [-0.25, -0.2) is 15.0 Å². The van der Waals surface area contributed by atoms with E-state index in [9.17, 15) is 0 Å². The Balaban J connectivity index is 1.73. The van der Waals surface area contributed by atoms with Crippen LogP contribution < -0.4 is 0 Å². The molecule has 1 unspecified atom stereocenters. The van der Waals surface area contributed by atoms with E-state index < -0.39 is 0 Å². The fourth-order valence-corrected chi connectivity index (χ4v) is 2.55. The maximum atomic E-state index is 4.47. The van der Waals surface area contributed by atoms with E-state index in [1.165, 1.54) is 6.42 Å². The predicted molar refractivity (Wildman–Crippen MR) is 70.2 cm³/mol. The molecule has 0 bridgehead atoms. The Morgan fingerprint density at radius 1 is 1.37 bits per heavy atom. The van der Waals surface area contributed by atoms with Gasteiger partial charge in [0.25, 0.3) is 0 Å². The summed E-state index contributed by atoms with van der Waals surface area (Å²) in [4.78, 5) is 15.6. The van der Waals surface area contributed by atoms with Gasteiger partial charge in [-0.2, -0.15) is 5.10 Å². The number of hydrogen-bond acceptors (Lipinski definition) is 5. The number of aryl methyl sites for hydroxylation is 1. The number of H-pyrrole nitrogens is 1. The summed E-state index contributed by atoms with van der Waals surface area (Å²) < 4.78 is 0. The third kappa shape index (κ3) is 2.63. The molecule has 1 saturated heterocycles. The fraction of sp³-hybridized carbons (Fsp3) is 0.538. The first-order valence-corrected chi connectivity index (χ1v) is 6.78. The third-order valence-corrected chi connectivity index (χ3v) is 3.49. The van der Waals surface area contributed by atoms with Crippen molar-refractivity contribution in [1.82, 2.24) is 30.0 Å². The van der Waals surface area contributed by atoms with Crippen molar-refractivity contribution in [2.45, 2.75) is 38.8 Å². The summed E-state index contributed by atoms with van der Waals surface area (Å²) in [5.74, 6) is 2.72. The summed E-state index contributed by atoms with van der Waals surface area (Å²) in [7, 11) is 0. The van der Waals surface area contributed by atoms with Crippen LogP contribution in [-0.2, 0) is 13.0 Å². The number of hydrogen-bond donors (Lipinski definition) is 1. The normalized spacial score (nSPS) is 19.9. The van der Waals surface area contributed by atoms with Gasteiger partial charge in [0.15, 0.2) is 0 Å². The van der Waals surface area contributed by atoms with Crippen molar-refractivity contribution in [1.29, 1.82) is 0 Å². The Labute approximate surface area is 112 Å². The number of rotatable bonds is 4. The van der Waals surface area contributed by atoms with Crippen LogP contribution in [0.15, 0.2) is 18.5 Å². The van der Waals surface area contributed by atoms with Crippen molar-refractivity contribution in [3.05, 3.63) is 35.9 Å². The van der Waals surface area contributed by atoms with E-state index in [4.69, 9.17) is 0 Å². The van der Waals surface area contributed by atoms with Crippen LogP contribution in [0.1, 0.15) is 43.3 Å². The largest absolute Gasteiger partial charge is 0.286 e. The lowest BCUT2D eigenvalue weighted by Gasteiger charge is -2.21. The quantitative estimate of drug-likeness (QED) is 0.899. The van der Waals surface area contributed by atoms with E-state index in [-0.39, 0.29) is 0 Å². The van der Waals surface area contributed by atoms with Crippen LogP contribution >= 0.6 is 0 Å². The minimum Gasteiger partial charge on any atom is -0.286 e. The van der Waals surface area contributed by atoms with Crippen molar-refractivity contribution in [3.63, 3.8) is 0 Å². The van der Waals surface area contributed by atoms with Crippen molar-refractivity contribution < 1.29 is 0 Å². The van der Waals surface area contributed by atoms with E-state index in [2.05, 4.69) is 37.0 Å². The van der Waals surface area contributed by atoms with Gasteiger partial charge in [0.05, 0.1) is 12.6 Å². The van der Waals surface area contributed by atoms with Crippen molar-refractivity contribution in [3.8, 4) is 0 Å². The van der Waals surface area contributed by atoms with Crippen LogP contribution in [-0.4, -0.2) is 36.6 Å². The molecule has 0 spiro atoms. The molecule has 2 aromatic rings. The number of aromatic amines is 1. The van der Waals surface area contributed by atoms with Gasteiger partial charge in [-0.15, -0.1) is 0 Å². The number of nitrogens with zero attached hydrogens (tertiary/aromatic N) is 5. The van der Waals surface area contributed by atoms with Gasteiger partial charge in [0.2, 0.25) is 0 Å². The van der Waals surface area contributed by atoms with Crippen molar-refractivity contribution in [2.75, 3.05) is 6.54 Å². The van der Waals surface area contributed by atoms with Crippen LogP contribution in [0.3, 0.4) is 0 Å². The van der Waals surface area contributed by atoms with Crippen LogP contribution in [0.5, 0.6) is 0 Å². The molecule has 19 heavy (non-hydrogen) atoms. The molecule has 1 fully saturated rings. The molecule has 1 aliphatic rings. The second-order valence-electron chi connectivity index (χ2n) is 4.79. The zero-order chi connectivity index (χ0) is 13.1. The van der Waals surface area contributed by atoms with Crippen molar-refractivity contribution >= 4 is 0 Å². The summed E-state index contributed by atoms with van der Waals surface area (Å²) in [6.45, 7) is 3.91. The van der Waals surface area contributed by atoms with Gasteiger partial charge in [-0.05, 0) is 25.5 Å². The Morgan fingerprint density at radius 3 is 2.95 bits per heavy atom. The second kappa shape index (κ2) is 5.44. The van der Waals surface area contributed by atoms with E-state index in [1.54, 1.807) is 0 Å². The SMILES string of the molecule is CCc1n[nH]c(CN2CCCC2c2ncccn2)n1.